The summed E-state index contributed by atoms with van der Waals surface area (Å²) in [5, 5.41) is 0. The van der Waals surface area contributed by atoms with Gasteiger partial charge in [0.15, 0.2) is 0 Å². The minimum atomic E-state index is -0.358. The van der Waals surface area contributed by atoms with E-state index in [4.69, 9.17) is 4.74 Å². The average Bonchev–Trinajstić information content (AvgIpc) is 2.63. The fraction of sp³-hybridized carbons (Fsp3) is 0.471. The Balaban J connectivity index is 1.70. The van der Waals surface area contributed by atoms with Gasteiger partial charge < -0.3 is 19.4 Å². The van der Waals surface area contributed by atoms with Crippen molar-refractivity contribution >= 4 is 23.6 Å². The summed E-state index contributed by atoms with van der Waals surface area (Å²) in [4.78, 5) is 40.9. The Kier molecular flexibility index (Phi) is 4.42. The Morgan fingerprint density at radius 3 is 2.38 bits per heavy atom. The number of aryl methyl sites for hydroxylation is 1. The summed E-state index contributed by atoms with van der Waals surface area (Å²) in [7, 11) is 3.11. The molecule has 0 bridgehead atoms. The molecule has 2 heterocycles. The minimum absolute atomic E-state index is 0.0399. The lowest BCUT2D eigenvalue weighted by Gasteiger charge is -2.34. The maximum absolute atomic E-state index is 12.7. The Morgan fingerprint density at radius 2 is 1.71 bits per heavy atom. The molecule has 24 heavy (non-hydrogen) atoms. The number of methoxy groups -OCH3 is 1. The van der Waals surface area contributed by atoms with Crippen LogP contribution < -0.4 is 4.90 Å². The molecule has 2 aliphatic heterocycles. The predicted molar refractivity (Wildman–Crippen MR) is 88.1 cm³/mol. The SMILES string of the molecule is COC(=O)N1CCN(C(=O)c2ccc3c(c2)CCC(=O)N3C)CC1. The van der Waals surface area contributed by atoms with E-state index in [1.807, 2.05) is 12.1 Å². The largest absolute Gasteiger partial charge is 0.453 e. The third-order valence-corrected chi connectivity index (χ3v) is 4.67. The zero-order valence-corrected chi connectivity index (χ0v) is 13.9. The third-order valence-electron chi connectivity index (χ3n) is 4.67. The standard InChI is InChI=1S/C17H21N3O4/c1-18-14-5-3-13(11-12(14)4-6-15(18)21)16(22)19-7-9-20(10-8-19)17(23)24-2/h3,5,11H,4,6-10H2,1-2H3. The molecule has 1 aromatic carbocycles. The van der Waals surface area contributed by atoms with Gasteiger partial charge in [0.05, 0.1) is 7.11 Å². The molecule has 0 aromatic heterocycles. The normalized spacial score (nSPS) is 17.6. The number of hydrogen-bond donors (Lipinski definition) is 0. The van der Waals surface area contributed by atoms with Crippen molar-refractivity contribution in [2.45, 2.75) is 12.8 Å². The van der Waals surface area contributed by atoms with Gasteiger partial charge in [-0.3, -0.25) is 9.59 Å². The number of carbonyl (C=O) groups is 3. The van der Waals surface area contributed by atoms with E-state index < -0.39 is 0 Å². The number of amides is 3. The smallest absolute Gasteiger partial charge is 0.409 e. The van der Waals surface area contributed by atoms with Gasteiger partial charge in [0.25, 0.3) is 5.91 Å². The van der Waals surface area contributed by atoms with Crippen molar-refractivity contribution < 1.29 is 19.1 Å². The van der Waals surface area contributed by atoms with Gasteiger partial charge in [-0.15, -0.1) is 0 Å². The average molecular weight is 331 g/mol. The third kappa shape index (κ3) is 2.93. The van der Waals surface area contributed by atoms with Crippen molar-refractivity contribution in [2.24, 2.45) is 0 Å². The molecule has 0 unspecified atom stereocenters. The number of fused-ring (bicyclic) bond motifs is 1. The number of ether oxygens (including phenoxy) is 1. The monoisotopic (exact) mass is 331 g/mol. The highest BCUT2D eigenvalue weighted by Gasteiger charge is 2.27. The molecule has 3 rings (SSSR count). The maximum Gasteiger partial charge on any atom is 0.409 e. The molecule has 0 N–H and O–H groups in total. The lowest BCUT2D eigenvalue weighted by molar-refractivity contribution is -0.118. The molecule has 0 saturated carbocycles. The molecule has 1 saturated heterocycles. The first-order valence-corrected chi connectivity index (χ1v) is 8.03. The highest BCUT2D eigenvalue weighted by molar-refractivity contribution is 5.99. The van der Waals surface area contributed by atoms with E-state index in [-0.39, 0.29) is 17.9 Å². The van der Waals surface area contributed by atoms with Crippen LogP contribution in [0.5, 0.6) is 0 Å². The molecule has 1 fully saturated rings. The number of benzene rings is 1. The lowest BCUT2D eigenvalue weighted by atomic mass is 9.98. The fourth-order valence-electron chi connectivity index (χ4n) is 3.19. The van der Waals surface area contributed by atoms with Gasteiger partial charge in [-0.2, -0.15) is 0 Å². The molecule has 3 amide bonds. The van der Waals surface area contributed by atoms with Gasteiger partial charge in [-0.1, -0.05) is 0 Å². The van der Waals surface area contributed by atoms with Crippen LogP contribution >= 0.6 is 0 Å². The molecule has 7 nitrogen and oxygen atoms in total. The number of carbonyl (C=O) groups excluding carboxylic acids is 3. The molecule has 0 radical (unpaired) electrons. The Labute approximate surface area is 140 Å². The number of nitrogens with zero attached hydrogens (tertiary/aromatic N) is 3. The second-order valence-electron chi connectivity index (χ2n) is 6.05. The summed E-state index contributed by atoms with van der Waals surface area (Å²) in [5.74, 6) is 0.0578. The van der Waals surface area contributed by atoms with Crippen LogP contribution in [0.4, 0.5) is 10.5 Å². The highest BCUT2D eigenvalue weighted by Crippen LogP contribution is 2.28. The van der Waals surface area contributed by atoms with Crippen molar-refractivity contribution in [3.63, 3.8) is 0 Å². The number of anilines is 1. The predicted octanol–water partition coefficient (Wildman–Crippen LogP) is 1.12. The molecule has 2 aliphatic rings. The molecular weight excluding hydrogens is 310 g/mol. The second kappa shape index (κ2) is 6.51. The number of hydrogen-bond acceptors (Lipinski definition) is 4. The molecule has 0 spiro atoms. The van der Waals surface area contributed by atoms with E-state index >= 15 is 0 Å². The molecule has 128 valence electrons. The number of piperazine rings is 1. The maximum atomic E-state index is 12.7. The molecule has 1 aromatic rings. The molecular formula is C17H21N3O4. The highest BCUT2D eigenvalue weighted by atomic mass is 16.5. The first-order chi connectivity index (χ1) is 11.5. The van der Waals surface area contributed by atoms with Crippen LogP contribution in [0.2, 0.25) is 0 Å². The van der Waals surface area contributed by atoms with Gasteiger partial charge >= 0.3 is 6.09 Å². The first-order valence-electron chi connectivity index (χ1n) is 8.03. The fourth-order valence-corrected chi connectivity index (χ4v) is 3.19. The second-order valence-corrected chi connectivity index (χ2v) is 6.05. The summed E-state index contributed by atoms with van der Waals surface area (Å²) in [6, 6.07) is 5.49. The minimum Gasteiger partial charge on any atom is -0.453 e. The van der Waals surface area contributed by atoms with Gasteiger partial charge in [0.1, 0.15) is 0 Å². The quantitative estimate of drug-likeness (QED) is 0.773. The summed E-state index contributed by atoms with van der Waals surface area (Å²) in [5.41, 5.74) is 2.53. The molecule has 0 atom stereocenters. The van der Waals surface area contributed by atoms with Gasteiger partial charge in [-0.05, 0) is 30.2 Å². The van der Waals surface area contributed by atoms with Crippen LogP contribution in [-0.2, 0) is 16.0 Å². The van der Waals surface area contributed by atoms with Crippen LogP contribution in [0.1, 0.15) is 22.3 Å². The van der Waals surface area contributed by atoms with E-state index in [0.717, 1.165) is 11.3 Å². The van der Waals surface area contributed by atoms with Crippen molar-refractivity contribution in [3.8, 4) is 0 Å². The van der Waals surface area contributed by atoms with Crippen molar-refractivity contribution in [1.82, 2.24) is 9.80 Å². The van der Waals surface area contributed by atoms with Crippen LogP contribution in [0.3, 0.4) is 0 Å². The summed E-state index contributed by atoms with van der Waals surface area (Å²) >= 11 is 0. The van der Waals surface area contributed by atoms with Crippen molar-refractivity contribution in [1.29, 1.82) is 0 Å². The van der Waals surface area contributed by atoms with Crippen molar-refractivity contribution in [3.05, 3.63) is 29.3 Å². The lowest BCUT2D eigenvalue weighted by Crippen LogP contribution is -2.50. The molecule has 7 heteroatoms. The van der Waals surface area contributed by atoms with E-state index in [2.05, 4.69) is 0 Å². The van der Waals surface area contributed by atoms with Crippen LogP contribution in [0.15, 0.2) is 18.2 Å². The summed E-state index contributed by atoms with van der Waals surface area (Å²) < 4.78 is 4.70. The molecule has 0 aliphatic carbocycles. The topological polar surface area (TPSA) is 70.2 Å². The number of rotatable bonds is 1. The van der Waals surface area contributed by atoms with Gasteiger partial charge in [-0.25, -0.2) is 4.79 Å². The Morgan fingerprint density at radius 1 is 1.04 bits per heavy atom. The van der Waals surface area contributed by atoms with Gasteiger partial charge in [0, 0.05) is 50.9 Å². The Bertz CT molecular complexity index is 680. The van der Waals surface area contributed by atoms with E-state index in [1.54, 1.807) is 27.8 Å². The van der Waals surface area contributed by atoms with Crippen LogP contribution in [-0.4, -0.2) is 68.0 Å². The van der Waals surface area contributed by atoms with Crippen LogP contribution in [0, 0.1) is 0 Å². The first kappa shape index (κ1) is 16.3. The zero-order chi connectivity index (χ0) is 17.3. The van der Waals surface area contributed by atoms with Crippen LogP contribution in [0.25, 0.3) is 0 Å². The Hall–Kier alpha value is -2.57. The van der Waals surface area contributed by atoms with Gasteiger partial charge in [0.2, 0.25) is 5.91 Å². The van der Waals surface area contributed by atoms with E-state index in [0.29, 0.717) is 44.6 Å². The summed E-state index contributed by atoms with van der Waals surface area (Å²) in [6.45, 7) is 1.92. The van der Waals surface area contributed by atoms with E-state index in [9.17, 15) is 14.4 Å². The zero-order valence-electron chi connectivity index (χ0n) is 13.9. The summed E-state index contributed by atoms with van der Waals surface area (Å²) in [6.07, 6.45) is 0.776. The van der Waals surface area contributed by atoms with Crippen molar-refractivity contribution in [2.75, 3.05) is 45.2 Å². The van der Waals surface area contributed by atoms with E-state index in [1.165, 1.54) is 7.11 Å².